The van der Waals surface area contributed by atoms with Gasteiger partial charge in [0.05, 0.1) is 18.6 Å². The van der Waals surface area contributed by atoms with Crippen LogP contribution in [-0.2, 0) is 25.5 Å². The van der Waals surface area contributed by atoms with E-state index in [9.17, 15) is 24.3 Å². The van der Waals surface area contributed by atoms with Crippen LogP contribution in [0, 0.1) is 0 Å². The Morgan fingerprint density at radius 1 is 1.16 bits per heavy atom. The molecule has 0 bridgehead atoms. The predicted octanol–water partition coefficient (Wildman–Crippen LogP) is 1.19. The molecule has 3 amide bonds. The van der Waals surface area contributed by atoms with E-state index in [1.807, 2.05) is 26.1 Å². The second-order valence-electron chi connectivity index (χ2n) is 13.3. The number of carboxylic acid groups (broad SMARTS) is 1. The van der Waals surface area contributed by atoms with Crippen molar-refractivity contribution in [2.24, 2.45) is 16.5 Å². The number of likely N-dealkylation sites (N-methyl/N-ethyl adjacent to an activating group) is 1. The molecule has 4 rings (SSSR count). The van der Waals surface area contributed by atoms with E-state index in [-0.39, 0.29) is 56.1 Å². The Hall–Kier alpha value is -4.57. The number of amides is 3. The van der Waals surface area contributed by atoms with Crippen LogP contribution in [0.5, 0.6) is 11.5 Å². The van der Waals surface area contributed by atoms with Gasteiger partial charge in [0.15, 0.2) is 23.6 Å². The van der Waals surface area contributed by atoms with Crippen molar-refractivity contribution in [3.8, 4) is 11.5 Å². The molecule has 1 unspecified atom stereocenters. The molecule has 51 heavy (non-hydrogen) atoms. The molecule has 3 aliphatic rings. The Kier molecular flexibility index (Phi) is 13.5. The summed E-state index contributed by atoms with van der Waals surface area (Å²) in [6, 6.07) is 2.84. The molecule has 16 nitrogen and oxygen atoms in total. The maximum Gasteiger partial charge on any atom is 0.415 e. The Labute approximate surface area is 298 Å². The molecule has 282 valence electrons. The topological polar surface area (TPSA) is 231 Å². The van der Waals surface area contributed by atoms with Crippen LogP contribution in [0.2, 0.25) is 0 Å². The largest absolute Gasteiger partial charge is 0.493 e. The van der Waals surface area contributed by atoms with Crippen molar-refractivity contribution in [2.45, 2.75) is 94.9 Å². The van der Waals surface area contributed by atoms with Gasteiger partial charge in [0.2, 0.25) is 11.8 Å². The van der Waals surface area contributed by atoms with Gasteiger partial charge >= 0.3 is 12.1 Å². The van der Waals surface area contributed by atoms with Gasteiger partial charge in [-0.2, -0.15) is 0 Å². The lowest BCUT2D eigenvalue weighted by molar-refractivity contribution is -0.137. The molecule has 16 heteroatoms. The van der Waals surface area contributed by atoms with Crippen molar-refractivity contribution in [2.75, 3.05) is 46.9 Å². The molecule has 5 atom stereocenters. The van der Waals surface area contributed by atoms with Crippen LogP contribution in [0.25, 0.3) is 0 Å². The summed E-state index contributed by atoms with van der Waals surface area (Å²) in [5.41, 5.74) is 11.5. The van der Waals surface area contributed by atoms with Gasteiger partial charge in [-0.05, 0) is 63.4 Å². The highest BCUT2D eigenvalue weighted by Gasteiger charge is 2.60. The first-order valence-electron chi connectivity index (χ1n) is 17.6. The highest BCUT2D eigenvalue weighted by Crippen LogP contribution is 2.59. The molecule has 1 aromatic rings. The number of rotatable bonds is 19. The van der Waals surface area contributed by atoms with Crippen molar-refractivity contribution in [3.63, 3.8) is 0 Å². The summed E-state index contributed by atoms with van der Waals surface area (Å²) in [6.45, 7) is 4.77. The van der Waals surface area contributed by atoms with Gasteiger partial charge in [-0.1, -0.05) is 19.4 Å². The smallest absolute Gasteiger partial charge is 0.415 e. The quantitative estimate of drug-likeness (QED) is 0.0674. The van der Waals surface area contributed by atoms with Crippen molar-refractivity contribution in [1.29, 1.82) is 0 Å². The molecule has 0 saturated heterocycles. The Bertz CT molecular complexity index is 1500. The molecular weight excluding hydrogens is 662 g/mol. The van der Waals surface area contributed by atoms with Crippen molar-refractivity contribution < 1.29 is 43.6 Å². The van der Waals surface area contributed by atoms with E-state index in [2.05, 4.69) is 20.5 Å². The third-order valence-corrected chi connectivity index (χ3v) is 9.90. The van der Waals surface area contributed by atoms with Crippen molar-refractivity contribution in [3.05, 3.63) is 35.1 Å². The number of ether oxygens (including phenoxy) is 3. The van der Waals surface area contributed by atoms with Crippen molar-refractivity contribution in [1.82, 2.24) is 20.4 Å². The normalized spacial score (nSPS) is 21.8. The van der Waals surface area contributed by atoms with Crippen molar-refractivity contribution >= 4 is 29.8 Å². The number of benzene rings is 1. The number of unbranched alkanes of at least 4 members (excludes halogenated alkanes) is 2. The lowest BCUT2D eigenvalue weighted by Gasteiger charge is -2.50. The zero-order valence-electron chi connectivity index (χ0n) is 30.0. The highest BCUT2D eigenvalue weighted by molar-refractivity contribution is 5.86. The van der Waals surface area contributed by atoms with E-state index < -0.39 is 41.6 Å². The van der Waals surface area contributed by atoms with Gasteiger partial charge in [0.25, 0.3) is 0 Å². The number of nitrogens with one attached hydrogen (secondary N) is 2. The van der Waals surface area contributed by atoms with E-state index in [0.717, 1.165) is 17.7 Å². The number of aliphatic carboxylic acids is 1. The molecule has 2 aliphatic carbocycles. The van der Waals surface area contributed by atoms with Crippen LogP contribution in [-0.4, -0.2) is 121 Å². The molecule has 1 aromatic carbocycles. The molecule has 0 fully saturated rings. The molecule has 8 N–H and O–H groups in total. The zero-order valence-corrected chi connectivity index (χ0v) is 30.0. The summed E-state index contributed by atoms with van der Waals surface area (Å²) in [5.74, 6) is -0.901. The Morgan fingerprint density at radius 2 is 1.92 bits per heavy atom. The maximum absolute atomic E-state index is 13.8. The fraction of sp³-hybridized carbons (Fsp3) is 0.629. The van der Waals surface area contributed by atoms with Gasteiger partial charge < -0.3 is 56.3 Å². The highest BCUT2D eigenvalue weighted by atomic mass is 16.6. The van der Waals surface area contributed by atoms with Gasteiger partial charge in [-0.15, -0.1) is 0 Å². The number of hydrogen-bond acceptors (Lipinski definition) is 10. The minimum Gasteiger partial charge on any atom is -0.493 e. The average Bonchev–Trinajstić information content (AvgIpc) is 3.50. The second kappa shape index (κ2) is 17.6. The minimum atomic E-state index is -1.18. The Balaban J connectivity index is 1.49. The number of nitrogens with zero attached hydrogens (tertiary/aromatic N) is 3. The van der Waals surface area contributed by atoms with Gasteiger partial charge in [0, 0.05) is 57.5 Å². The van der Waals surface area contributed by atoms with Crippen LogP contribution in [0.3, 0.4) is 0 Å². The fourth-order valence-corrected chi connectivity index (χ4v) is 7.27. The number of carboxylic acids is 1. The fourth-order valence-electron chi connectivity index (χ4n) is 7.27. The summed E-state index contributed by atoms with van der Waals surface area (Å²) < 4.78 is 18.1. The summed E-state index contributed by atoms with van der Waals surface area (Å²) in [5, 5.41) is 26.8. The standard InChI is InChI=1S/C35H53N7O9/c1-5-41(3)26-20-22-12-13-24(49-4)30-28(22)29-31(51-30)25(14-15-35(26,29)48)50-34(47)42(18-8-6-7-11-27(44)45)19-17-38-32(46)23(40-21(2)43)10-9-16-39-33(36)37/h12-14,23,26,29,31,48H,5-11,15-20H2,1-4H3,(H,38,46)(H,40,43)(H,44,45)(H4,36,37,39)/t23-,26+,29?,31-,35+/m0/s1. The number of guanidine groups is 1. The van der Waals surface area contributed by atoms with E-state index in [4.69, 9.17) is 30.8 Å². The van der Waals surface area contributed by atoms with Crippen LogP contribution in [0.4, 0.5) is 4.79 Å². The third-order valence-electron chi connectivity index (χ3n) is 9.90. The Morgan fingerprint density at radius 3 is 2.59 bits per heavy atom. The number of hydrogen-bond donors (Lipinski definition) is 6. The number of carbonyl (C=O) groups excluding carboxylic acids is 3. The first kappa shape index (κ1) is 39.2. The lowest BCUT2D eigenvalue weighted by atomic mass is 9.63. The summed E-state index contributed by atoms with van der Waals surface area (Å²) in [4.78, 5) is 57.2. The maximum atomic E-state index is 13.8. The summed E-state index contributed by atoms with van der Waals surface area (Å²) in [6.07, 6.45) is 3.44. The summed E-state index contributed by atoms with van der Waals surface area (Å²) in [7, 11) is 3.54. The van der Waals surface area contributed by atoms with Gasteiger partial charge in [-0.3, -0.25) is 19.4 Å². The minimum absolute atomic E-state index is 0.0185. The SMILES string of the molecule is CCN(C)[C@@H]1Cc2ccc(OC)c3c2C2[C@@H](O3)C(OC(=O)N(CCCCCC(=O)O)CCNC(=O)[C@H](CCCN=C(N)N)NC(C)=O)=CC[C@]21O. The van der Waals surface area contributed by atoms with E-state index >= 15 is 0 Å². The number of aliphatic imine (C=N–C) groups is 1. The lowest BCUT2D eigenvalue weighted by Crippen LogP contribution is -2.61. The zero-order chi connectivity index (χ0) is 37.3. The summed E-state index contributed by atoms with van der Waals surface area (Å²) >= 11 is 0. The first-order valence-corrected chi connectivity index (χ1v) is 17.6. The van der Waals surface area contributed by atoms with Crippen LogP contribution >= 0.6 is 0 Å². The number of carbonyl (C=O) groups is 4. The van der Waals surface area contributed by atoms with Gasteiger partial charge in [0.1, 0.15) is 11.8 Å². The molecule has 0 radical (unpaired) electrons. The third kappa shape index (κ3) is 9.41. The number of nitrogens with two attached hydrogens (primary N) is 2. The van der Waals surface area contributed by atoms with E-state index in [1.54, 1.807) is 13.2 Å². The average molecular weight is 716 g/mol. The first-order chi connectivity index (χ1) is 24.3. The van der Waals surface area contributed by atoms with Crippen LogP contribution in [0.1, 0.15) is 75.8 Å². The molecule has 0 saturated carbocycles. The predicted molar refractivity (Wildman–Crippen MR) is 188 cm³/mol. The van der Waals surface area contributed by atoms with Crippen LogP contribution in [0.15, 0.2) is 29.0 Å². The molecule has 1 heterocycles. The molecule has 0 spiro atoms. The molecule has 1 aliphatic heterocycles. The van der Waals surface area contributed by atoms with E-state index in [1.165, 1.54) is 11.8 Å². The second-order valence-corrected chi connectivity index (χ2v) is 13.3. The number of aliphatic hydroxyl groups is 1. The van der Waals surface area contributed by atoms with Crippen LogP contribution < -0.4 is 31.6 Å². The number of methoxy groups -OCH3 is 1. The molecule has 0 aromatic heterocycles. The monoisotopic (exact) mass is 715 g/mol. The van der Waals surface area contributed by atoms with Gasteiger partial charge in [-0.25, -0.2) is 4.79 Å². The molecular formula is C35H53N7O9. The van der Waals surface area contributed by atoms with E-state index in [0.29, 0.717) is 56.6 Å².